The molecule has 1 aromatic heterocycles. The van der Waals surface area contributed by atoms with Crippen molar-refractivity contribution >= 4 is 12.7 Å². The third kappa shape index (κ3) is 2.47. The molecule has 2 heterocycles. The Hall–Kier alpha value is -1.72. The van der Waals surface area contributed by atoms with E-state index in [-0.39, 0.29) is 11.2 Å². The van der Waals surface area contributed by atoms with Crippen molar-refractivity contribution < 1.29 is 9.31 Å². The van der Waals surface area contributed by atoms with Gasteiger partial charge in [0.1, 0.15) is 0 Å². The number of benzene rings is 1. The van der Waals surface area contributed by atoms with E-state index in [2.05, 4.69) is 9.97 Å². The third-order valence-corrected chi connectivity index (χ3v) is 4.25. The topological polar surface area (TPSA) is 44.2 Å². The Bertz CT molecular complexity index is 628. The number of hydrogen-bond donors (Lipinski definition) is 0. The fourth-order valence-corrected chi connectivity index (χ4v) is 2.29. The first-order chi connectivity index (χ1) is 9.91. The summed E-state index contributed by atoms with van der Waals surface area (Å²) >= 11 is 0. The van der Waals surface area contributed by atoms with Gasteiger partial charge in [0.2, 0.25) is 0 Å². The fourth-order valence-electron chi connectivity index (χ4n) is 2.29. The molecule has 21 heavy (non-hydrogen) atoms. The smallest absolute Gasteiger partial charge is 0.398 e. The Balaban J connectivity index is 2.02. The van der Waals surface area contributed by atoms with Crippen LogP contribution in [0.2, 0.25) is 0 Å². The summed E-state index contributed by atoms with van der Waals surface area (Å²) in [6, 6.07) is 9.97. The zero-order valence-corrected chi connectivity index (χ0v) is 12.8. The van der Waals surface area contributed by atoms with Crippen LogP contribution >= 0.6 is 0 Å². The average molecular weight is 282 g/mol. The third-order valence-electron chi connectivity index (χ3n) is 4.25. The van der Waals surface area contributed by atoms with Gasteiger partial charge < -0.3 is 9.31 Å². The van der Waals surface area contributed by atoms with Gasteiger partial charge in [-0.05, 0) is 27.7 Å². The summed E-state index contributed by atoms with van der Waals surface area (Å²) in [5, 5.41) is 0. The molecule has 0 spiro atoms. The lowest BCUT2D eigenvalue weighted by Gasteiger charge is -2.32. The highest BCUT2D eigenvalue weighted by molar-refractivity contribution is 6.62. The van der Waals surface area contributed by atoms with Gasteiger partial charge in [0.25, 0.3) is 0 Å². The summed E-state index contributed by atoms with van der Waals surface area (Å²) in [7, 11) is -0.501. The molecule has 0 unspecified atom stereocenters. The van der Waals surface area contributed by atoms with Gasteiger partial charge in [-0.3, -0.25) is 9.97 Å². The van der Waals surface area contributed by atoms with Crippen molar-refractivity contribution in [3.63, 3.8) is 0 Å². The van der Waals surface area contributed by atoms with E-state index in [1.807, 2.05) is 58.0 Å². The minimum atomic E-state index is -0.501. The van der Waals surface area contributed by atoms with Gasteiger partial charge in [0.05, 0.1) is 22.5 Å². The molecule has 1 aromatic carbocycles. The average Bonchev–Trinajstić information content (AvgIpc) is 2.68. The Morgan fingerprint density at radius 1 is 0.857 bits per heavy atom. The molecule has 1 fully saturated rings. The van der Waals surface area contributed by atoms with Crippen molar-refractivity contribution in [3.05, 3.63) is 42.7 Å². The molecule has 1 aliphatic heterocycles. The molecule has 1 aliphatic rings. The van der Waals surface area contributed by atoms with Gasteiger partial charge in [-0.15, -0.1) is 0 Å². The normalized spacial score (nSPS) is 19.7. The van der Waals surface area contributed by atoms with Crippen LogP contribution in [0.4, 0.5) is 0 Å². The maximum Gasteiger partial charge on any atom is 0.516 e. The number of nitrogens with zero attached hydrogens (tertiary/aromatic N) is 2. The first-order valence-electron chi connectivity index (χ1n) is 7.13. The second-order valence-electron chi connectivity index (χ2n) is 6.24. The highest BCUT2D eigenvalue weighted by atomic mass is 16.7. The molecule has 3 rings (SSSR count). The van der Waals surface area contributed by atoms with E-state index in [4.69, 9.17) is 9.31 Å². The quantitative estimate of drug-likeness (QED) is 0.794. The summed E-state index contributed by atoms with van der Waals surface area (Å²) in [6.45, 7) is 8.13. The van der Waals surface area contributed by atoms with Crippen LogP contribution in [0.25, 0.3) is 11.3 Å². The number of aromatic nitrogens is 2. The summed E-state index contributed by atoms with van der Waals surface area (Å²) in [4.78, 5) is 8.92. The molecule has 0 saturated carbocycles. The molecular formula is C16H19BN2O2. The molecule has 108 valence electrons. The summed E-state index contributed by atoms with van der Waals surface area (Å²) < 4.78 is 12.2. The van der Waals surface area contributed by atoms with Gasteiger partial charge in [-0.1, -0.05) is 30.3 Å². The Morgan fingerprint density at radius 2 is 1.43 bits per heavy atom. The van der Waals surface area contributed by atoms with Crippen LogP contribution in [0.1, 0.15) is 27.7 Å². The van der Waals surface area contributed by atoms with E-state index in [9.17, 15) is 0 Å². The van der Waals surface area contributed by atoms with Crippen LogP contribution in [0, 0.1) is 0 Å². The van der Waals surface area contributed by atoms with Gasteiger partial charge in [-0.25, -0.2) is 0 Å². The molecule has 0 radical (unpaired) electrons. The lowest BCUT2D eigenvalue weighted by atomic mass is 9.81. The summed E-state index contributed by atoms with van der Waals surface area (Å²) in [5.74, 6) is 0. The van der Waals surface area contributed by atoms with E-state index in [0.29, 0.717) is 0 Å². The standard InChI is InChI=1S/C16H19BN2O2/c1-15(2)16(3,4)21-17(20-15)14-13(18-10-11-19-14)12-8-6-5-7-9-12/h5-11H,1-4H3. The largest absolute Gasteiger partial charge is 0.516 e. The predicted molar refractivity (Wildman–Crippen MR) is 83.2 cm³/mol. The van der Waals surface area contributed by atoms with Crippen LogP contribution in [0.3, 0.4) is 0 Å². The minimum absolute atomic E-state index is 0.386. The van der Waals surface area contributed by atoms with Crippen molar-refractivity contribution in [2.24, 2.45) is 0 Å². The van der Waals surface area contributed by atoms with Crippen LogP contribution in [-0.4, -0.2) is 28.3 Å². The van der Waals surface area contributed by atoms with E-state index in [0.717, 1.165) is 16.9 Å². The van der Waals surface area contributed by atoms with E-state index in [1.165, 1.54) is 0 Å². The molecule has 0 N–H and O–H groups in total. The predicted octanol–water partition coefficient (Wildman–Crippen LogP) is 2.44. The highest BCUT2D eigenvalue weighted by Gasteiger charge is 2.53. The molecular weight excluding hydrogens is 263 g/mol. The Morgan fingerprint density at radius 3 is 2.05 bits per heavy atom. The van der Waals surface area contributed by atoms with Crippen molar-refractivity contribution in [2.75, 3.05) is 0 Å². The molecule has 0 aliphatic carbocycles. The van der Waals surface area contributed by atoms with Crippen LogP contribution in [0.15, 0.2) is 42.7 Å². The van der Waals surface area contributed by atoms with Crippen LogP contribution < -0.4 is 5.59 Å². The maximum absolute atomic E-state index is 6.09. The number of rotatable bonds is 2. The molecule has 5 heteroatoms. The van der Waals surface area contributed by atoms with Crippen LogP contribution in [-0.2, 0) is 9.31 Å². The second-order valence-corrected chi connectivity index (χ2v) is 6.24. The first-order valence-corrected chi connectivity index (χ1v) is 7.13. The monoisotopic (exact) mass is 282 g/mol. The minimum Gasteiger partial charge on any atom is -0.398 e. The van der Waals surface area contributed by atoms with Gasteiger partial charge in [0, 0.05) is 18.0 Å². The van der Waals surface area contributed by atoms with Crippen molar-refractivity contribution in [1.29, 1.82) is 0 Å². The first kappa shape index (κ1) is 14.2. The van der Waals surface area contributed by atoms with Crippen molar-refractivity contribution in [1.82, 2.24) is 9.97 Å². The highest BCUT2D eigenvalue weighted by Crippen LogP contribution is 2.36. The maximum atomic E-state index is 6.09. The zero-order chi connectivity index (χ0) is 15.1. The summed E-state index contributed by atoms with van der Waals surface area (Å²) in [6.07, 6.45) is 3.36. The van der Waals surface area contributed by atoms with Gasteiger partial charge in [0.15, 0.2) is 0 Å². The second kappa shape index (κ2) is 4.93. The lowest BCUT2D eigenvalue weighted by molar-refractivity contribution is 0.00578. The van der Waals surface area contributed by atoms with E-state index >= 15 is 0 Å². The molecule has 0 amide bonds. The fraction of sp³-hybridized carbons (Fsp3) is 0.375. The molecule has 4 nitrogen and oxygen atoms in total. The zero-order valence-electron chi connectivity index (χ0n) is 12.8. The SMILES string of the molecule is CC1(C)OB(c2nccnc2-c2ccccc2)OC1(C)C. The Labute approximate surface area is 125 Å². The van der Waals surface area contributed by atoms with Gasteiger partial charge in [-0.2, -0.15) is 0 Å². The Kier molecular flexibility index (Phi) is 3.34. The molecule has 0 atom stereocenters. The van der Waals surface area contributed by atoms with Gasteiger partial charge >= 0.3 is 7.12 Å². The molecule has 1 saturated heterocycles. The molecule has 0 bridgehead atoms. The lowest BCUT2D eigenvalue weighted by Crippen LogP contribution is -2.41. The van der Waals surface area contributed by atoms with E-state index in [1.54, 1.807) is 12.4 Å². The number of hydrogen-bond acceptors (Lipinski definition) is 4. The molecule has 2 aromatic rings. The summed E-state index contributed by atoms with van der Waals surface area (Å²) in [5.41, 5.74) is 1.76. The van der Waals surface area contributed by atoms with E-state index < -0.39 is 7.12 Å². The van der Waals surface area contributed by atoms with Crippen molar-refractivity contribution in [3.8, 4) is 11.3 Å². The van der Waals surface area contributed by atoms with Crippen molar-refractivity contribution in [2.45, 2.75) is 38.9 Å². The van der Waals surface area contributed by atoms with Crippen LogP contribution in [0.5, 0.6) is 0 Å².